The second-order valence-corrected chi connectivity index (χ2v) is 9.77. The Balaban J connectivity index is 1.50. The Morgan fingerprint density at radius 2 is 1.95 bits per heavy atom. The molecule has 3 aromatic rings. The van der Waals surface area contributed by atoms with E-state index in [0.717, 1.165) is 0 Å². The molecule has 0 bridgehead atoms. The summed E-state index contributed by atoms with van der Waals surface area (Å²) in [5.74, 6) is -0.350. The van der Waals surface area contributed by atoms with Crippen molar-refractivity contribution in [3.05, 3.63) is 59.3 Å². The maximum absolute atomic E-state index is 14.4. The number of halogens is 2. The van der Waals surface area contributed by atoms with Gasteiger partial charge in [-0.25, -0.2) is 19.2 Å². The molecule has 194 valence electrons. The van der Waals surface area contributed by atoms with Crippen LogP contribution in [0.5, 0.6) is 5.75 Å². The number of methoxy groups -OCH3 is 1. The standard InChI is InChI=1S/C25H26ClFN6O4/c1-25(2,3)37-24(35)33-12-15(13-33)30-23(34)17-10-28-8-7-19(17)31-22-20(36-4)11-29-21(32-22)16-9-14(26)5-6-18(16)27/h5-11,15H,12-13H2,1-4H3,(H,30,34)(H,28,29,31,32). The molecule has 2 aromatic heterocycles. The van der Waals surface area contributed by atoms with E-state index in [9.17, 15) is 14.0 Å². The van der Waals surface area contributed by atoms with Crippen molar-refractivity contribution in [3.63, 3.8) is 0 Å². The van der Waals surface area contributed by atoms with Gasteiger partial charge in [-0.3, -0.25) is 9.78 Å². The highest BCUT2D eigenvalue weighted by Gasteiger charge is 2.35. The van der Waals surface area contributed by atoms with Gasteiger partial charge in [0, 0.05) is 30.5 Å². The fraction of sp³-hybridized carbons (Fsp3) is 0.320. The van der Waals surface area contributed by atoms with Gasteiger partial charge < -0.3 is 25.0 Å². The van der Waals surface area contributed by atoms with E-state index < -0.39 is 23.4 Å². The van der Waals surface area contributed by atoms with Gasteiger partial charge in [0.15, 0.2) is 17.4 Å². The molecule has 0 saturated carbocycles. The van der Waals surface area contributed by atoms with Crippen molar-refractivity contribution in [1.82, 2.24) is 25.2 Å². The Bertz CT molecular complexity index is 1330. The minimum Gasteiger partial charge on any atom is -0.491 e. The first kappa shape index (κ1) is 26.1. The zero-order valence-electron chi connectivity index (χ0n) is 20.7. The molecule has 1 saturated heterocycles. The van der Waals surface area contributed by atoms with Gasteiger partial charge >= 0.3 is 6.09 Å². The van der Waals surface area contributed by atoms with E-state index in [0.29, 0.717) is 23.8 Å². The largest absolute Gasteiger partial charge is 0.491 e. The number of carbonyl (C=O) groups excluding carboxylic acids is 2. The van der Waals surface area contributed by atoms with E-state index in [2.05, 4.69) is 25.6 Å². The fourth-order valence-corrected chi connectivity index (χ4v) is 3.70. The van der Waals surface area contributed by atoms with Crippen LogP contribution in [-0.4, -0.2) is 63.7 Å². The van der Waals surface area contributed by atoms with Gasteiger partial charge in [-0.1, -0.05) is 11.6 Å². The summed E-state index contributed by atoms with van der Waals surface area (Å²) in [5, 5.41) is 6.28. The summed E-state index contributed by atoms with van der Waals surface area (Å²) in [6.07, 6.45) is 3.89. The summed E-state index contributed by atoms with van der Waals surface area (Å²) in [6, 6.07) is 5.45. The van der Waals surface area contributed by atoms with Gasteiger partial charge in [-0.05, 0) is 45.0 Å². The van der Waals surface area contributed by atoms with Crippen LogP contribution in [0.25, 0.3) is 11.4 Å². The molecule has 4 rings (SSSR count). The predicted octanol–water partition coefficient (Wildman–Crippen LogP) is 4.43. The summed E-state index contributed by atoms with van der Waals surface area (Å²) in [7, 11) is 1.44. The number of likely N-dealkylation sites (tertiary alicyclic amines) is 1. The first-order chi connectivity index (χ1) is 17.5. The molecule has 1 aromatic carbocycles. The second kappa shape index (κ2) is 10.6. The van der Waals surface area contributed by atoms with Crippen LogP contribution >= 0.6 is 11.6 Å². The monoisotopic (exact) mass is 528 g/mol. The SMILES string of the molecule is COc1cnc(-c2cc(Cl)ccc2F)nc1Nc1ccncc1C(=O)NC1CN(C(=O)OC(C)(C)C)C1. The van der Waals surface area contributed by atoms with Crippen molar-refractivity contribution in [1.29, 1.82) is 0 Å². The molecule has 1 aliphatic rings. The third-order valence-corrected chi connectivity index (χ3v) is 5.57. The Morgan fingerprint density at radius 1 is 1.19 bits per heavy atom. The molecular weight excluding hydrogens is 503 g/mol. The first-order valence-corrected chi connectivity index (χ1v) is 11.8. The van der Waals surface area contributed by atoms with Crippen molar-refractivity contribution in [2.45, 2.75) is 32.4 Å². The molecule has 1 fully saturated rings. The molecule has 0 atom stereocenters. The lowest BCUT2D eigenvalue weighted by Gasteiger charge is -2.40. The number of nitrogens with one attached hydrogen (secondary N) is 2. The number of hydrogen-bond acceptors (Lipinski definition) is 8. The molecule has 37 heavy (non-hydrogen) atoms. The smallest absolute Gasteiger partial charge is 0.410 e. The topological polar surface area (TPSA) is 119 Å². The summed E-state index contributed by atoms with van der Waals surface area (Å²) in [6.45, 7) is 6.04. The molecule has 3 heterocycles. The van der Waals surface area contributed by atoms with Gasteiger partial charge in [0.2, 0.25) is 0 Å². The van der Waals surface area contributed by atoms with E-state index >= 15 is 0 Å². The van der Waals surface area contributed by atoms with Crippen molar-refractivity contribution in [2.24, 2.45) is 0 Å². The number of pyridine rings is 1. The van der Waals surface area contributed by atoms with Crippen LogP contribution in [0.3, 0.4) is 0 Å². The van der Waals surface area contributed by atoms with Gasteiger partial charge in [-0.15, -0.1) is 0 Å². The lowest BCUT2D eigenvalue weighted by molar-refractivity contribution is 0.00533. The normalized spacial score (nSPS) is 13.5. The third-order valence-electron chi connectivity index (χ3n) is 5.33. The molecule has 0 radical (unpaired) electrons. The van der Waals surface area contributed by atoms with Crippen LogP contribution in [0, 0.1) is 5.82 Å². The molecular formula is C25H26ClFN6O4. The number of amides is 2. The van der Waals surface area contributed by atoms with E-state index in [1.165, 1.54) is 48.8 Å². The first-order valence-electron chi connectivity index (χ1n) is 11.4. The predicted molar refractivity (Wildman–Crippen MR) is 136 cm³/mol. The van der Waals surface area contributed by atoms with Gasteiger partial charge in [-0.2, -0.15) is 0 Å². The van der Waals surface area contributed by atoms with Crippen LogP contribution < -0.4 is 15.4 Å². The quantitative estimate of drug-likeness (QED) is 0.482. The highest BCUT2D eigenvalue weighted by Crippen LogP contribution is 2.31. The zero-order valence-corrected chi connectivity index (χ0v) is 21.5. The molecule has 0 unspecified atom stereocenters. The summed E-state index contributed by atoms with van der Waals surface area (Å²) >= 11 is 6.02. The number of nitrogens with zero attached hydrogens (tertiary/aromatic N) is 4. The van der Waals surface area contributed by atoms with Crippen molar-refractivity contribution < 1.29 is 23.5 Å². The highest BCUT2D eigenvalue weighted by molar-refractivity contribution is 6.30. The number of hydrogen-bond donors (Lipinski definition) is 2. The molecule has 0 aliphatic carbocycles. The summed E-state index contributed by atoms with van der Waals surface area (Å²) < 4.78 is 25.1. The maximum Gasteiger partial charge on any atom is 0.410 e. The van der Waals surface area contributed by atoms with E-state index in [1.54, 1.807) is 26.8 Å². The minimum absolute atomic E-state index is 0.0834. The minimum atomic E-state index is -0.595. The molecule has 12 heteroatoms. The number of carbonyl (C=O) groups is 2. The Kier molecular flexibility index (Phi) is 7.44. The summed E-state index contributed by atoms with van der Waals surface area (Å²) in [4.78, 5) is 39.3. The Morgan fingerprint density at radius 3 is 2.65 bits per heavy atom. The number of ether oxygens (including phenoxy) is 2. The van der Waals surface area contributed by atoms with Crippen LogP contribution in [0.1, 0.15) is 31.1 Å². The van der Waals surface area contributed by atoms with Gasteiger partial charge in [0.05, 0.1) is 36.2 Å². The molecule has 1 aliphatic heterocycles. The lowest BCUT2D eigenvalue weighted by atomic mass is 10.1. The third kappa shape index (κ3) is 6.23. The zero-order chi connectivity index (χ0) is 26.7. The number of aromatic nitrogens is 3. The van der Waals surface area contributed by atoms with Crippen molar-refractivity contribution in [3.8, 4) is 17.1 Å². The van der Waals surface area contributed by atoms with E-state index in [4.69, 9.17) is 21.1 Å². The van der Waals surface area contributed by atoms with Crippen LogP contribution in [0.15, 0.2) is 42.9 Å². The average Bonchev–Trinajstić information content (AvgIpc) is 2.81. The van der Waals surface area contributed by atoms with Crippen LogP contribution in [-0.2, 0) is 4.74 Å². The molecule has 2 N–H and O–H groups in total. The second-order valence-electron chi connectivity index (χ2n) is 9.34. The van der Waals surface area contributed by atoms with Crippen molar-refractivity contribution >= 4 is 35.1 Å². The highest BCUT2D eigenvalue weighted by atomic mass is 35.5. The fourth-order valence-electron chi connectivity index (χ4n) is 3.53. The summed E-state index contributed by atoms with van der Waals surface area (Å²) in [5.41, 5.74) is 0.160. The van der Waals surface area contributed by atoms with E-state index in [1.807, 2.05) is 0 Å². The maximum atomic E-state index is 14.4. The number of anilines is 2. The number of benzene rings is 1. The van der Waals surface area contributed by atoms with Crippen LogP contribution in [0.2, 0.25) is 5.02 Å². The van der Waals surface area contributed by atoms with E-state index in [-0.39, 0.29) is 34.6 Å². The molecule has 2 amide bonds. The van der Waals surface area contributed by atoms with Crippen LogP contribution in [0.4, 0.5) is 20.7 Å². The molecule has 10 nitrogen and oxygen atoms in total. The average molecular weight is 529 g/mol. The molecule has 0 spiro atoms. The Labute approximate surface area is 218 Å². The van der Waals surface area contributed by atoms with Crippen molar-refractivity contribution in [2.75, 3.05) is 25.5 Å². The Hall–Kier alpha value is -3.99. The van der Waals surface area contributed by atoms with Gasteiger partial charge in [0.25, 0.3) is 5.91 Å². The lowest BCUT2D eigenvalue weighted by Crippen LogP contribution is -2.61. The number of rotatable bonds is 6. The van der Waals surface area contributed by atoms with Gasteiger partial charge in [0.1, 0.15) is 11.4 Å².